The molecule has 0 atom stereocenters. The van der Waals surface area contributed by atoms with Gasteiger partial charge in [-0.15, -0.1) is 0 Å². The average Bonchev–Trinajstić information content (AvgIpc) is 2.85. The molecule has 3 rings (SSSR count). The molecule has 0 amide bonds. The number of alkyl halides is 6. The first kappa shape index (κ1) is 27.3. The van der Waals surface area contributed by atoms with Gasteiger partial charge in [0.25, 0.3) is 0 Å². The topological polar surface area (TPSA) is 121 Å². The van der Waals surface area contributed by atoms with Gasteiger partial charge in [-0.05, 0) is 24.3 Å². The Morgan fingerprint density at radius 2 is 0.895 bits per heavy atom. The van der Waals surface area contributed by atoms with Gasteiger partial charge in [0, 0.05) is 21.6 Å². The highest BCUT2D eigenvalue weighted by Crippen LogP contribution is 2.40. The molecule has 188 valence electrons. The number of halogens is 8. The number of pyridine rings is 2. The normalized spacial score (nSPS) is 11.1. The standard InChI is InChI=1S/C24H6F8N6/c25-13-1-3-15(37-9-13)19-17(11(5-33)6-34)22(24(30,31)32)20(16-4-2-14(26)10-38-16)18(12(7-35)8-36)21(19)23(27,28)29/h1-4,9-10H. The zero-order valence-corrected chi connectivity index (χ0v) is 18.2. The van der Waals surface area contributed by atoms with E-state index in [1.165, 1.54) is 0 Å². The van der Waals surface area contributed by atoms with Crippen molar-refractivity contribution in [2.24, 2.45) is 0 Å². The third-order valence-corrected chi connectivity index (χ3v) is 4.98. The van der Waals surface area contributed by atoms with Gasteiger partial charge >= 0.3 is 12.4 Å². The van der Waals surface area contributed by atoms with Crippen LogP contribution in [0.25, 0.3) is 33.7 Å². The van der Waals surface area contributed by atoms with Crippen LogP contribution in [0.3, 0.4) is 0 Å². The molecule has 0 aliphatic carbocycles. The second-order valence-corrected chi connectivity index (χ2v) is 7.17. The Morgan fingerprint density at radius 1 is 0.579 bits per heavy atom. The lowest BCUT2D eigenvalue weighted by Gasteiger charge is -2.22. The quantitative estimate of drug-likeness (QED) is 0.449. The van der Waals surface area contributed by atoms with Gasteiger partial charge in [0.05, 0.1) is 34.9 Å². The molecule has 0 bridgehead atoms. The van der Waals surface area contributed by atoms with Crippen molar-refractivity contribution in [3.63, 3.8) is 0 Å². The Labute approximate surface area is 206 Å². The van der Waals surface area contributed by atoms with Gasteiger partial charge in [-0.1, -0.05) is 0 Å². The summed E-state index contributed by atoms with van der Waals surface area (Å²) in [7, 11) is 0. The van der Waals surface area contributed by atoms with Crippen LogP contribution in [0.15, 0.2) is 36.7 Å². The van der Waals surface area contributed by atoms with E-state index in [2.05, 4.69) is 9.97 Å². The van der Waals surface area contributed by atoms with E-state index in [1.807, 2.05) is 0 Å². The first-order chi connectivity index (χ1) is 17.8. The molecule has 14 heteroatoms. The van der Waals surface area contributed by atoms with E-state index in [1.54, 1.807) is 0 Å². The summed E-state index contributed by atoms with van der Waals surface area (Å²) in [6.07, 6.45) is -10.6. The minimum absolute atomic E-state index is 0.374. The Hall–Kier alpha value is -5.34. The van der Waals surface area contributed by atoms with E-state index in [0.29, 0.717) is 36.7 Å². The van der Waals surface area contributed by atoms with Crippen molar-refractivity contribution in [1.82, 2.24) is 9.97 Å². The van der Waals surface area contributed by atoms with Crippen LogP contribution in [-0.2, 0) is 12.4 Å². The van der Waals surface area contributed by atoms with Crippen molar-refractivity contribution in [2.45, 2.75) is 12.4 Å². The molecule has 6 nitrogen and oxygen atoms in total. The van der Waals surface area contributed by atoms with E-state index in [4.69, 9.17) is 0 Å². The van der Waals surface area contributed by atoms with E-state index < -0.39 is 79.2 Å². The van der Waals surface area contributed by atoms with Crippen LogP contribution < -0.4 is 10.4 Å². The van der Waals surface area contributed by atoms with Crippen molar-refractivity contribution in [3.8, 4) is 46.8 Å². The molecule has 0 aliphatic rings. The SMILES string of the molecule is N#CC(C#N)=c1c(-c2ccc(F)cn2)c(C(F)(F)F)c(=C(C#N)C#N)c(-c2ccc(F)cn2)c1C(F)(F)F. The van der Waals surface area contributed by atoms with E-state index in [-0.39, 0.29) is 0 Å². The Balaban J connectivity index is 3.05. The lowest BCUT2D eigenvalue weighted by atomic mass is 9.85. The Kier molecular flexibility index (Phi) is 7.14. The lowest BCUT2D eigenvalue weighted by molar-refractivity contribution is -0.141. The lowest BCUT2D eigenvalue weighted by Crippen LogP contribution is -2.37. The van der Waals surface area contributed by atoms with Crippen molar-refractivity contribution in [1.29, 1.82) is 21.0 Å². The van der Waals surface area contributed by atoms with Gasteiger partial charge in [0.2, 0.25) is 0 Å². The second kappa shape index (κ2) is 9.96. The van der Waals surface area contributed by atoms with Crippen LogP contribution in [-0.4, -0.2) is 9.97 Å². The Morgan fingerprint density at radius 3 is 1.11 bits per heavy atom. The van der Waals surface area contributed by atoms with Crippen LogP contribution >= 0.6 is 0 Å². The maximum atomic E-state index is 14.7. The third-order valence-electron chi connectivity index (χ3n) is 4.98. The summed E-state index contributed by atoms with van der Waals surface area (Å²) in [5.41, 5.74) is -11.9. The maximum absolute atomic E-state index is 14.7. The fourth-order valence-corrected chi connectivity index (χ4v) is 3.65. The van der Waals surface area contributed by atoms with Crippen LogP contribution in [0.4, 0.5) is 35.1 Å². The molecule has 0 spiro atoms. The molecule has 0 aliphatic heterocycles. The fourth-order valence-electron chi connectivity index (χ4n) is 3.65. The number of nitrogens with zero attached hydrogens (tertiary/aromatic N) is 6. The number of benzene rings is 1. The molecule has 38 heavy (non-hydrogen) atoms. The molecule has 0 saturated heterocycles. The smallest absolute Gasteiger partial charge is 0.253 e. The Bertz CT molecular complexity index is 1560. The van der Waals surface area contributed by atoms with Gasteiger partial charge in [0.1, 0.15) is 47.1 Å². The zero-order chi connectivity index (χ0) is 28.4. The number of hydrogen-bond acceptors (Lipinski definition) is 6. The monoisotopic (exact) mass is 530 g/mol. The highest BCUT2D eigenvalue weighted by molar-refractivity contribution is 5.88. The van der Waals surface area contributed by atoms with Crippen LogP contribution in [0.2, 0.25) is 0 Å². The largest absolute Gasteiger partial charge is 0.417 e. The van der Waals surface area contributed by atoms with Gasteiger partial charge in [-0.3, -0.25) is 9.97 Å². The number of hydrogen-bond donors (Lipinski definition) is 0. The molecule has 0 saturated carbocycles. The summed E-state index contributed by atoms with van der Waals surface area (Å²) < 4.78 is 115. The number of nitriles is 4. The predicted octanol–water partition coefficient (Wildman–Crippen LogP) is 4.52. The number of aromatic nitrogens is 2. The molecule has 1 aromatic carbocycles. The van der Waals surface area contributed by atoms with Gasteiger partial charge in [-0.25, -0.2) is 8.78 Å². The average molecular weight is 530 g/mol. The van der Waals surface area contributed by atoms with Gasteiger partial charge < -0.3 is 0 Å². The molecule has 0 fully saturated rings. The first-order valence-electron chi connectivity index (χ1n) is 9.77. The first-order valence-corrected chi connectivity index (χ1v) is 9.77. The number of rotatable bonds is 2. The second-order valence-electron chi connectivity index (χ2n) is 7.17. The summed E-state index contributed by atoms with van der Waals surface area (Å²) in [6, 6.07) is 6.71. The molecule has 2 aromatic heterocycles. The molecule has 2 heterocycles. The predicted molar refractivity (Wildman–Crippen MR) is 111 cm³/mol. The summed E-state index contributed by atoms with van der Waals surface area (Å²) in [6.45, 7) is 0. The maximum Gasteiger partial charge on any atom is 0.417 e. The highest BCUT2D eigenvalue weighted by Gasteiger charge is 2.45. The molecule has 0 N–H and O–H groups in total. The molecule has 0 unspecified atom stereocenters. The zero-order valence-electron chi connectivity index (χ0n) is 18.2. The fraction of sp³-hybridized carbons (Fsp3) is 0.0833. The van der Waals surface area contributed by atoms with E-state index in [0.717, 1.165) is 24.3 Å². The third kappa shape index (κ3) is 4.84. The van der Waals surface area contributed by atoms with Crippen molar-refractivity contribution < 1.29 is 35.1 Å². The summed E-state index contributed by atoms with van der Waals surface area (Å²) in [5.74, 6) is -2.17. The minimum Gasteiger partial charge on any atom is -0.253 e. The molecule has 3 aromatic rings. The van der Waals surface area contributed by atoms with Crippen LogP contribution in [0, 0.1) is 57.0 Å². The molecular formula is C24H6F8N6. The van der Waals surface area contributed by atoms with E-state index in [9.17, 15) is 56.2 Å². The molecule has 0 radical (unpaired) electrons. The summed E-state index contributed by atoms with van der Waals surface area (Å²) in [5, 5.41) is 34.5. The summed E-state index contributed by atoms with van der Waals surface area (Å²) >= 11 is 0. The van der Waals surface area contributed by atoms with Crippen molar-refractivity contribution in [2.75, 3.05) is 0 Å². The van der Waals surface area contributed by atoms with Gasteiger partial charge in [0.15, 0.2) is 0 Å². The van der Waals surface area contributed by atoms with Crippen molar-refractivity contribution >= 4 is 11.1 Å². The highest BCUT2D eigenvalue weighted by atomic mass is 19.4. The minimum atomic E-state index is -5.65. The van der Waals surface area contributed by atoms with Crippen molar-refractivity contribution in [3.05, 3.63) is 69.9 Å². The van der Waals surface area contributed by atoms with Crippen LogP contribution in [0.5, 0.6) is 0 Å². The molecular weight excluding hydrogens is 524 g/mol. The van der Waals surface area contributed by atoms with Crippen LogP contribution in [0.1, 0.15) is 11.1 Å². The van der Waals surface area contributed by atoms with Gasteiger partial charge in [-0.2, -0.15) is 47.4 Å². The van der Waals surface area contributed by atoms with E-state index >= 15 is 0 Å². The summed E-state index contributed by atoms with van der Waals surface area (Å²) in [4.78, 5) is 6.82.